The zero-order valence-corrected chi connectivity index (χ0v) is 25.3. The van der Waals surface area contributed by atoms with Crippen LogP contribution in [0.3, 0.4) is 0 Å². The molecule has 4 rings (SSSR count). The zero-order chi connectivity index (χ0) is 31.2. The third-order valence-electron chi connectivity index (χ3n) is 6.76. The van der Waals surface area contributed by atoms with E-state index < -0.39 is 46.1 Å². The second kappa shape index (κ2) is 14.1. The minimum Gasteiger partial charge on any atom is -0.598 e. The molecule has 0 spiro atoms. The van der Waals surface area contributed by atoms with Crippen molar-refractivity contribution in [3.63, 3.8) is 0 Å². The summed E-state index contributed by atoms with van der Waals surface area (Å²) in [4.78, 5) is 13.5. The summed E-state index contributed by atoms with van der Waals surface area (Å²) < 4.78 is 83.0. The van der Waals surface area contributed by atoms with E-state index in [1.165, 1.54) is 25.1 Å². The van der Waals surface area contributed by atoms with Crippen molar-refractivity contribution in [3.8, 4) is 11.5 Å². The molecule has 1 heterocycles. The van der Waals surface area contributed by atoms with Gasteiger partial charge >= 0.3 is 12.1 Å². The number of hydrogen-bond acceptors (Lipinski definition) is 7. The van der Waals surface area contributed by atoms with Gasteiger partial charge in [-0.2, -0.15) is 13.2 Å². The van der Waals surface area contributed by atoms with Gasteiger partial charge in [-0.15, -0.1) is 4.72 Å². The van der Waals surface area contributed by atoms with E-state index in [4.69, 9.17) is 18.9 Å². The van der Waals surface area contributed by atoms with Crippen LogP contribution in [-0.4, -0.2) is 34.8 Å². The molecular formula is C32H36F3NO6S. The van der Waals surface area contributed by atoms with Crippen molar-refractivity contribution < 1.29 is 41.5 Å². The molecule has 1 N–H and O–H groups in total. The molecule has 7 nitrogen and oxygen atoms in total. The molecule has 1 fully saturated rings. The van der Waals surface area contributed by atoms with Crippen molar-refractivity contribution in [3.05, 3.63) is 94.5 Å². The topological polar surface area (TPSA) is 89.1 Å². The largest absolute Gasteiger partial charge is 0.598 e. The van der Waals surface area contributed by atoms with Crippen molar-refractivity contribution in [1.82, 2.24) is 4.72 Å². The summed E-state index contributed by atoms with van der Waals surface area (Å²) in [5.41, 5.74) is -1.25. The maximum atomic E-state index is 14.9. The number of carbonyl (C=O) groups excluding carboxylic acids is 1. The fourth-order valence-electron chi connectivity index (χ4n) is 4.62. The summed E-state index contributed by atoms with van der Waals surface area (Å²) >= 11 is -1.76. The molecule has 0 aliphatic carbocycles. The number of benzene rings is 3. The SMILES string of the molecule is Cc1c(C(=O)Oc2ccccc2)c(OCc2ccccc2)cc(C(CC2OCCCO2)N[S+]([O-])C(C)(C)C)c1C(F)(F)F. The van der Waals surface area contributed by atoms with Gasteiger partial charge in [0.25, 0.3) is 0 Å². The van der Waals surface area contributed by atoms with E-state index in [1.807, 2.05) is 6.07 Å². The van der Waals surface area contributed by atoms with E-state index in [2.05, 4.69) is 4.72 Å². The van der Waals surface area contributed by atoms with E-state index in [9.17, 15) is 22.5 Å². The fraction of sp³-hybridized carbons (Fsp3) is 0.406. The normalized spacial score (nSPS) is 16.0. The lowest BCUT2D eigenvalue weighted by atomic mass is 9.90. The molecule has 3 aromatic carbocycles. The molecule has 2 atom stereocenters. The van der Waals surface area contributed by atoms with Crippen molar-refractivity contribution in [2.24, 2.45) is 0 Å². The molecule has 11 heteroatoms. The smallest absolute Gasteiger partial charge is 0.417 e. The predicted octanol–water partition coefficient (Wildman–Crippen LogP) is 7.06. The molecule has 43 heavy (non-hydrogen) atoms. The third-order valence-corrected chi connectivity index (χ3v) is 8.37. The lowest BCUT2D eigenvalue weighted by Crippen LogP contribution is -2.43. The maximum absolute atomic E-state index is 14.9. The van der Waals surface area contributed by atoms with Crippen LogP contribution in [0, 0.1) is 6.92 Å². The van der Waals surface area contributed by atoms with E-state index >= 15 is 0 Å². The molecular weight excluding hydrogens is 583 g/mol. The minimum atomic E-state index is -4.88. The second-order valence-electron chi connectivity index (χ2n) is 11.1. The first-order valence-corrected chi connectivity index (χ1v) is 15.1. The Labute approximate surface area is 253 Å². The van der Waals surface area contributed by atoms with Crippen molar-refractivity contribution in [2.75, 3.05) is 13.2 Å². The molecule has 1 aliphatic heterocycles. The van der Waals surface area contributed by atoms with Crippen LogP contribution in [0.1, 0.15) is 72.3 Å². The van der Waals surface area contributed by atoms with Crippen LogP contribution in [0.15, 0.2) is 66.7 Å². The van der Waals surface area contributed by atoms with E-state index in [0.29, 0.717) is 19.6 Å². The highest BCUT2D eigenvalue weighted by Crippen LogP contribution is 2.44. The van der Waals surface area contributed by atoms with Gasteiger partial charge in [-0.3, -0.25) is 0 Å². The molecule has 232 valence electrons. The molecule has 2 unspecified atom stereocenters. The first-order valence-electron chi connectivity index (χ1n) is 13.9. The third kappa shape index (κ3) is 8.73. The number of hydrogen-bond donors (Lipinski definition) is 1. The summed E-state index contributed by atoms with van der Waals surface area (Å²) in [5, 5.41) is 0. The first kappa shape index (κ1) is 32.8. The number of rotatable bonds is 10. The van der Waals surface area contributed by atoms with Crippen LogP contribution < -0.4 is 14.2 Å². The minimum absolute atomic E-state index is 0.0163. The molecule has 0 amide bonds. The molecule has 3 aromatic rings. The number of nitrogens with one attached hydrogen (secondary N) is 1. The molecule has 0 aromatic heterocycles. The summed E-state index contributed by atoms with van der Waals surface area (Å²) in [7, 11) is 0. The van der Waals surface area contributed by atoms with Gasteiger partial charge in [0.15, 0.2) is 6.29 Å². The maximum Gasteiger partial charge on any atom is 0.417 e. The van der Waals surface area contributed by atoms with E-state index in [1.54, 1.807) is 63.2 Å². The van der Waals surface area contributed by atoms with Crippen LogP contribution in [0.25, 0.3) is 0 Å². The Hall–Kier alpha value is -3.09. The Balaban J connectivity index is 1.86. The van der Waals surface area contributed by atoms with Crippen LogP contribution in [0.4, 0.5) is 13.2 Å². The highest BCUT2D eigenvalue weighted by molar-refractivity contribution is 7.90. The number of esters is 1. The van der Waals surface area contributed by atoms with Crippen molar-refractivity contribution in [2.45, 2.75) is 70.4 Å². The van der Waals surface area contributed by atoms with Gasteiger partial charge in [-0.05, 0) is 69.0 Å². The van der Waals surface area contributed by atoms with Gasteiger partial charge in [0.2, 0.25) is 0 Å². The number of alkyl halides is 3. The molecule has 0 radical (unpaired) electrons. The van der Waals surface area contributed by atoms with Crippen LogP contribution in [0.5, 0.6) is 11.5 Å². The number of ether oxygens (including phenoxy) is 4. The fourth-order valence-corrected chi connectivity index (χ4v) is 5.46. The molecule has 1 aliphatic rings. The molecule has 1 saturated heterocycles. The Morgan fingerprint density at radius 1 is 1.05 bits per heavy atom. The van der Waals surface area contributed by atoms with Gasteiger partial charge in [-0.1, -0.05) is 48.5 Å². The van der Waals surface area contributed by atoms with Crippen molar-refractivity contribution >= 4 is 17.3 Å². The van der Waals surface area contributed by atoms with Crippen LogP contribution in [0.2, 0.25) is 0 Å². The first-order chi connectivity index (χ1) is 20.3. The zero-order valence-electron chi connectivity index (χ0n) is 24.5. The average molecular weight is 620 g/mol. The summed E-state index contributed by atoms with van der Waals surface area (Å²) in [6.45, 7) is 7.13. The van der Waals surface area contributed by atoms with Gasteiger partial charge < -0.3 is 23.5 Å². The predicted molar refractivity (Wildman–Crippen MR) is 157 cm³/mol. The van der Waals surface area contributed by atoms with Gasteiger partial charge in [0, 0.05) is 17.8 Å². The molecule has 0 saturated carbocycles. The highest BCUT2D eigenvalue weighted by atomic mass is 32.2. The Morgan fingerprint density at radius 2 is 1.65 bits per heavy atom. The Kier molecular flexibility index (Phi) is 10.8. The standard InChI is InChI=1S/C32H36F3NO6S/c1-21-28(30(37)42-23-14-9-6-10-15-23)26(41-20-22-12-7-5-8-13-22)18-24(29(21)32(33,34)35)25(36-43(38)31(2,3)4)19-27-39-16-11-17-40-27/h5-10,12-15,18,25,27,36H,11,16-17,19-20H2,1-4H3. The van der Waals surface area contributed by atoms with E-state index in [0.717, 1.165) is 5.56 Å². The quantitative estimate of drug-likeness (QED) is 0.148. The van der Waals surface area contributed by atoms with Crippen molar-refractivity contribution in [1.29, 1.82) is 0 Å². The summed E-state index contributed by atoms with van der Waals surface area (Å²) in [6, 6.07) is 17.2. The summed E-state index contributed by atoms with van der Waals surface area (Å²) in [5.74, 6) is -0.917. The van der Waals surface area contributed by atoms with Crippen LogP contribution in [-0.2, 0) is 33.6 Å². The lowest BCUT2D eigenvalue weighted by Gasteiger charge is -2.33. The monoisotopic (exact) mass is 619 g/mol. The summed E-state index contributed by atoms with van der Waals surface area (Å²) in [6.07, 6.45) is -5.10. The van der Waals surface area contributed by atoms with Gasteiger partial charge in [-0.25, -0.2) is 4.79 Å². The Morgan fingerprint density at radius 3 is 2.23 bits per heavy atom. The lowest BCUT2D eigenvalue weighted by molar-refractivity contribution is -0.184. The number of para-hydroxylation sites is 1. The van der Waals surface area contributed by atoms with Gasteiger partial charge in [0.05, 0.1) is 24.8 Å². The highest BCUT2D eigenvalue weighted by Gasteiger charge is 2.43. The number of halogens is 3. The Bertz CT molecular complexity index is 1360. The number of carbonyl (C=O) groups is 1. The second-order valence-corrected chi connectivity index (χ2v) is 13.1. The molecule has 0 bridgehead atoms. The van der Waals surface area contributed by atoms with Gasteiger partial charge in [0.1, 0.15) is 28.4 Å². The van der Waals surface area contributed by atoms with E-state index in [-0.39, 0.29) is 41.2 Å². The average Bonchev–Trinajstić information content (AvgIpc) is 2.95. The van der Waals surface area contributed by atoms with Crippen LogP contribution >= 0.6 is 0 Å².